The number of aliphatic carboxylic acids is 1. The third-order valence-corrected chi connectivity index (χ3v) is 15.7. The van der Waals surface area contributed by atoms with Crippen molar-refractivity contribution < 1.29 is 111 Å². The van der Waals surface area contributed by atoms with Gasteiger partial charge in [0.15, 0.2) is 23.8 Å². The number of hydrogen-bond acceptors (Lipinski definition) is 19. The predicted molar refractivity (Wildman–Crippen MR) is 315 cm³/mol. The first kappa shape index (κ1) is 74.5. The Bertz CT molecular complexity index is 3350. The number of fused-ring (bicyclic) bond motifs is 4. The van der Waals surface area contributed by atoms with Gasteiger partial charge in [0.2, 0.25) is 35.9 Å². The van der Waals surface area contributed by atoms with Crippen LogP contribution in [0.3, 0.4) is 0 Å². The van der Waals surface area contributed by atoms with E-state index in [0.717, 1.165) is 0 Å². The molecule has 0 unspecified atom stereocenters. The van der Waals surface area contributed by atoms with Crippen LogP contribution < -0.4 is 43.4 Å². The van der Waals surface area contributed by atoms with Crippen LogP contribution in [0.5, 0.6) is 11.5 Å². The van der Waals surface area contributed by atoms with Crippen LogP contribution in [0, 0.1) is 11.6 Å². The van der Waals surface area contributed by atoms with Crippen molar-refractivity contribution in [3.63, 3.8) is 0 Å². The average Bonchev–Trinajstić information content (AvgIpc) is 1.67. The van der Waals surface area contributed by atoms with E-state index in [0.29, 0.717) is 102 Å². The molecule has 2 saturated heterocycles. The number of carbonyl (C=O) groups is 7. The molecule has 0 radical (unpaired) electrons. The van der Waals surface area contributed by atoms with E-state index in [1.54, 1.807) is 31.1 Å². The number of alkyl halides is 3. The summed E-state index contributed by atoms with van der Waals surface area (Å²) >= 11 is 11.7. The molecule has 4 amide bonds. The maximum Gasteiger partial charge on any atom is 0.511 e. The Labute approximate surface area is 550 Å². The Morgan fingerprint density at radius 2 is 1.02 bits per heavy atom. The lowest BCUT2D eigenvalue weighted by molar-refractivity contribution is -0.192. The summed E-state index contributed by atoms with van der Waals surface area (Å²) in [5.41, 5.74) is -1.21. The molecule has 2 aromatic heterocycles. The van der Waals surface area contributed by atoms with E-state index < -0.39 is 108 Å². The minimum Gasteiger partial charge on any atom is -1.00 e. The maximum atomic E-state index is 14.4. The van der Waals surface area contributed by atoms with Gasteiger partial charge in [-0.25, -0.2) is 23.2 Å². The van der Waals surface area contributed by atoms with Crippen LogP contribution in [0.2, 0.25) is 10.0 Å². The first-order valence-corrected chi connectivity index (χ1v) is 29.4. The van der Waals surface area contributed by atoms with Crippen LogP contribution in [0.25, 0.3) is 0 Å². The van der Waals surface area contributed by atoms with Gasteiger partial charge in [-0.1, -0.05) is 47.5 Å². The quantitative estimate of drug-likeness (QED) is 0.0494. The second-order valence-electron chi connectivity index (χ2n) is 21.8. The zero-order chi connectivity index (χ0) is 66.0. The van der Waals surface area contributed by atoms with Gasteiger partial charge in [-0.05, 0) is 91.7 Å². The number of carbonyl (C=O) groups excluding carboxylic acids is 6. The molecule has 8 heterocycles. The monoisotopic (exact) mass is 1400 g/mol. The number of nitrogens with zero attached hydrogens (tertiary/aromatic N) is 6. The molecule has 2 fully saturated rings. The highest BCUT2D eigenvalue weighted by atomic mass is 35.5. The number of nitrogens with one attached hydrogen (secondary N) is 2. The van der Waals surface area contributed by atoms with Crippen molar-refractivity contribution in [2.45, 2.75) is 95.2 Å². The molecule has 0 bridgehead atoms. The van der Waals surface area contributed by atoms with E-state index in [1.165, 1.54) is 24.3 Å². The van der Waals surface area contributed by atoms with Gasteiger partial charge in [-0.15, -0.1) is 12.4 Å². The summed E-state index contributed by atoms with van der Waals surface area (Å²) < 4.78 is 107. The molecule has 510 valence electrons. The number of amides is 4. The lowest BCUT2D eigenvalue weighted by Crippen LogP contribution is -3.00. The van der Waals surface area contributed by atoms with Crippen molar-refractivity contribution in [3.8, 4) is 11.5 Å². The Morgan fingerprint density at radius 3 is 1.38 bits per heavy atom. The second kappa shape index (κ2) is 33.0. The van der Waals surface area contributed by atoms with E-state index in [4.69, 9.17) is 71.0 Å². The summed E-state index contributed by atoms with van der Waals surface area (Å²) in [6.45, 7) is 1.58. The number of ether oxygens (including phenoxy) is 8. The molecule has 0 saturated carbocycles. The minimum absolute atomic E-state index is 0. The Kier molecular flexibility index (Phi) is 26.5. The van der Waals surface area contributed by atoms with E-state index in [-0.39, 0.29) is 107 Å². The van der Waals surface area contributed by atoms with E-state index >= 15 is 0 Å². The van der Waals surface area contributed by atoms with Gasteiger partial charge in [0.05, 0.1) is 48.6 Å². The van der Waals surface area contributed by atoms with E-state index in [1.807, 2.05) is 38.0 Å². The Morgan fingerprint density at radius 1 is 0.645 bits per heavy atom. The minimum atomic E-state index is -5.08. The van der Waals surface area contributed by atoms with Crippen molar-refractivity contribution in [1.82, 2.24) is 39.4 Å². The number of hydrogen-bond donors (Lipinski definition) is 3. The van der Waals surface area contributed by atoms with Gasteiger partial charge in [0.25, 0.3) is 23.6 Å². The molecule has 2 aromatic carbocycles. The van der Waals surface area contributed by atoms with Crippen molar-refractivity contribution in [3.05, 3.63) is 124 Å². The summed E-state index contributed by atoms with van der Waals surface area (Å²) in [6, 6.07) is 8.10. The predicted octanol–water partition coefficient (Wildman–Crippen LogP) is 3.46. The summed E-state index contributed by atoms with van der Waals surface area (Å²) in [6.07, 6.45) is -4.06. The Balaban J connectivity index is 0.000000262. The van der Waals surface area contributed by atoms with Gasteiger partial charge >= 0.3 is 24.5 Å². The molecule has 6 aliphatic heterocycles. The molecule has 6 aliphatic rings. The molecule has 0 aliphatic carbocycles. The zero-order valence-corrected chi connectivity index (χ0v) is 53.5. The zero-order valence-electron chi connectivity index (χ0n) is 50.4. The van der Waals surface area contributed by atoms with Gasteiger partial charge < -0.3 is 94.8 Å². The molecular weight excluding hydrogens is 1330 g/mol. The van der Waals surface area contributed by atoms with Crippen LogP contribution in [-0.4, -0.2) is 189 Å². The third kappa shape index (κ3) is 17.3. The fraction of sp³-hybridized carbons (Fsp3) is 0.500. The summed E-state index contributed by atoms with van der Waals surface area (Å²) in [5.74, 6) is -7.45. The number of carboxylic acids is 1. The van der Waals surface area contributed by atoms with Crippen LogP contribution in [0.15, 0.2) is 46.0 Å². The standard InChI is InChI=1S/2C28H32ClFN4O8.C2HF3O2.2ClH/c2*1-32(2)10-4-13-40-28(38)42-15-41-24-22-26(37)33-11-5-12-39-27(33)19-9-8-18(34(19)22)20(23(24)35)25(36)31-14-16-6-3-7-17(29)21(16)30;3-2(4,5)1(6)7;;/h2*3,6-7,19,27H,4-5,8-15H2,1-2H3,(H,31,36);(H,6,7);2*1H/p-1/t2*19-,27+;;;/m11.../s1. The van der Waals surface area contributed by atoms with E-state index in [2.05, 4.69) is 10.6 Å². The summed E-state index contributed by atoms with van der Waals surface area (Å²) in [4.78, 5) is 122. The average molecular weight is 1400 g/mol. The SMILES string of the molecule is CN(C)CCCOC(=O)OCOc1c2n3c(c(C(=O)NCc4cccc(Cl)c4F)c1=O)CC[C@@H]3[C@@H]1OCCCN1C2=O.CN(C)CCCOC(=O)OCOc1c2n3c(c(C(=O)NCc4cccc(Cl)c4F)c1=O)CC[C@@H]3[C@@H]1OCCCN1C2=O.Cl.O=C(O)C(F)(F)F.[Cl-]. The van der Waals surface area contributed by atoms with Crippen LogP contribution in [0.4, 0.5) is 31.5 Å². The molecular formula is C58H66Cl4F5N8O18-. The van der Waals surface area contributed by atoms with Gasteiger partial charge in [-0.3, -0.25) is 28.8 Å². The molecule has 3 N–H and O–H groups in total. The van der Waals surface area contributed by atoms with E-state index in [9.17, 15) is 60.3 Å². The largest absolute Gasteiger partial charge is 1.00 e. The lowest BCUT2D eigenvalue weighted by atomic mass is 10.1. The molecule has 10 rings (SSSR count). The highest BCUT2D eigenvalue weighted by Crippen LogP contribution is 2.44. The van der Waals surface area contributed by atoms with Gasteiger partial charge in [0.1, 0.15) is 22.8 Å². The Hall–Kier alpha value is -7.52. The lowest BCUT2D eigenvalue weighted by Gasteiger charge is -2.44. The molecule has 26 nitrogen and oxygen atoms in total. The highest BCUT2D eigenvalue weighted by molar-refractivity contribution is 6.31. The molecule has 35 heteroatoms. The van der Waals surface area contributed by atoms with Crippen LogP contribution in [0.1, 0.15) is 115 Å². The summed E-state index contributed by atoms with van der Waals surface area (Å²) in [5, 5.41) is 12.1. The summed E-state index contributed by atoms with van der Waals surface area (Å²) in [7, 11) is 7.56. The second-order valence-corrected chi connectivity index (χ2v) is 22.6. The van der Waals surface area contributed by atoms with Gasteiger partial charge in [0, 0.05) is 61.8 Å². The number of carboxylic acid groups (broad SMARTS) is 1. The first-order chi connectivity index (χ1) is 43.3. The number of aromatic nitrogens is 2. The number of halogens is 9. The smallest absolute Gasteiger partial charge is 0.511 e. The first-order valence-electron chi connectivity index (χ1n) is 28.7. The molecule has 4 atom stereocenters. The third-order valence-electron chi connectivity index (χ3n) is 15.2. The maximum absolute atomic E-state index is 14.4. The normalized spacial score (nSPS) is 17.9. The fourth-order valence-corrected chi connectivity index (χ4v) is 11.5. The highest BCUT2D eigenvalue weighted by Gasteiger charge is 2.50. The molecule has 0 spiro atoms. The van der Waals surface area contributed by atoms with Crippen molar-refractivity contribution in [2.75, 3.05) is 94.4 Å². The van der Waals surface area contributed by atoms with Gasteiger partial charge in [-0.2, -0.15) is 13.2 Å². The van der Waals surface area contributed by atoms with Crippen molar-refractivity contribution in [2.24, 2.45) is 0 Å². The van der Waals surface area contributed by atoms with Crippen molar-refractivity contribution in [1.29, 1.82) is 0 Å². The number of benzene rings is 2. The van der Waals surface area contributed by atoms with Crippen molar-refractivity contribution >= 4 is 77.5 Å². The topological polar surface area (TPSA) is 295 Å². The molecule has 4 aromatic rings. The van der Waals surface area contributed by atoms with Crippen LogP contribution >= 0.6 is 35.6 Å². The fourth-order valence-electron chi connectivity index (χ4n) is 11.1. The number of rotatable bonds is 20. The molecule has 93 heavy (non-hydrogen) atoms. The van der Waals surface area contributed by atoms with Crippen LogP contribution in [-0.2, 0) is 59.1 Å². The number of pyridine rings is 2.